The summed E-state index contributed by atoms with van der Waals surface area (Å²) < 4.78 is 0.895. The standard InChI is InChI=1S/C21H23BrN4O4/c1-25(2)13-3-12-23-21(28)19(14-15-4-8-17(22)9-5-15)24-20(27)16-6-10-18(11-7-16)26(29)30/h4-11,14H,3,12-13H2,1-2H3,(H,23,28)(H,24,27)/p+1. The first-order valence-electron chi connectivity index (χ1n) is 9.36. The number of amides is 2. The van der Waals surface area contributed by atoms with Gasteiger partial charge in [-0.2, -0.15) is 0 Å². The van der Waals surface area contributed by atoms with E-state index >= 15 is 0 Å². The van der Waals surface area contributed by atoms with Crippen molar-refractivity contribution >= 4 is 39.5 Å². The Morgan fingerprint density at radius 3 is 2.30 bits per heavy atom. The maximum atomic E-state index is 12.7. The van der Waals surface area contributed by atoms with Gasteiger partial charge in [0.1, 0.15) is 5.70 Å². The van der Waals surface area contributed by atoms with Crippen LogP contribution in [0.3, 0.4) is 0 Å². The number of hydrogen-bond acceptors (Lipinski definition) is 4. The van der Waals surface area contributed by atoms with Crippen LogP contribution in [0.4, 0.5) is 5.69 Å². The van der Waals surface area contributed by atoms with Gasteiger partial charge in [0.25, 0.3) is 17.5 Å². The average Bonchev–Trinajstić information content (AvgIpc) is 2.72. The number of nitro benzene ring substituents is 1. The van der Waals surface area contributed by atoms with Crippen molar-refractivity contribution in [1.82, 2.24) is 10.6 Å². The van der Waals surface area contributed by atoms with E-state index in [1.807, 2.05) is 38.4 Å². The molecule has 0 fully saturated rings. The number of rotatable bonds is 9. The lowest BCUT2D eigenvalue weighted by Crippen LogP contribution is -3.05. The second-order valence-corrected chi connectivity index (χ2v) is 7.85. The molecule has 2 amide bonds. The van der Waals surface area contributed by atoms with E-state index in [1.165, 1.54) is 29.2 Å². The Hall–Kier alpha value is -3.04. The third kappa shape index (κ3) is 7.41. The Kier molecular flexibility index (Phi) is 8.70. The van der Waals surface area contributed by atoms with Gasteiger partial charge in [-0.15, -0.1) is 0 Å². The molecule has 9 heteroatoms. The second-order valence-electron chi connectivity index (χ2n) is 6.93. The Bertz CT molecular complexity index is 925. The van der Waals surface area contributed by atoms with Gasteiger partial charge in [-0.25, -0.2) is 0 Å². The Labute approximate surface area is 183 Å². The molecule has 2 aromatic carbocycles. The van der Waals surface area contributed by atoms with Crippen molar-refractivity contribution in [3.63, 3.8) is 0 Å². The van der Waals surface area contributed by atoms with Gasteiger partial charge in [-0.1, -0.05) is 28.1 Å². The number of carbonyl (C=O) groups is 2. The number of nitro groups is 1. The fraction of sp³-hybridized carbons (Fsp3) is 0.238. The van der Waals surface area contributed by atoms with E-state index < -0.39 is 16.7 Å². The van der Waals surface area contributed by atoms with E-state index in [9.17, 15) is 19.7 Å². The minimum Gasteiger partial charge on any atom is -0.351 e. The summed E-state index contributed by atoms with van der Waals surface area (Å²) in [5.41, 5.74) is 0.937. The van der Waals surface area contributed by atoms with Crippen LogP contribution in [-0.2, 0) is 4.79 Å². The van der Waals surface area contributed by atoms with Crippen molar-refractivity contribution in [3.05, 3.63) is 79.9 Å². The van der Waals surface area contributed by atoms with Gasteiger partial charge < -0.3 is 15.5 Å². The lowest BCUT2D eigenvalue weighted by atomic mass is 10.1. The van der Waals surface area contributed by atoms with Crippen LogP contribution in [0.2, 0.25) is 0 Å². The van der Waals surface area contributed by atoms with Crippen LogP contribution in [0.25, 0.3) is 6.08 Å². The predicted octanol–water partition coefficient (Wildman–Crippen LogP) is 1.78. The number of nitrogens with zero attached hydrogens (tertiary/aromatic N) is 1. The first kappa shape index (κ1) is 23.2. The lowest BCUT2D eigenvalue weighted by Gasteiger charge is -2.12. The van der Waals surface area contributed by atoms with E-state index in [0.29, 0.717) is 6.54 Å². The summed E-state index contributed by atoms with van der Waals surface area (Å²) in [6, 6.07) is 12.5. The molecule has 30 heavy (non-hydrogen) atoms. The van der Waals surface area contributed by atoms with Gasteiger partial charge in [0, 0.05) is 35.1 Å². The lowest BCUT2D eigenvalue weighted by molar-refractivity contribution is -0.858. The number of non-ortho nitro benzene ring substituents is 1. The highest BCUT2D eigenvalue weighted by Gasteiger charge is 2.16. The van der Waals surface area contributed by atoms with Crippen molar-refractivity contribution in [3.8, 4) is 0 Å². The van der Waals surface area contributed by atoms with E-state index in [2.05, 4.69) is 26.6 Å². The van der Waals surface area contributed by atoms with Gasteiger partial charge in [0.2, 0.25) is 0 Å². The van der Waals surface area contributed by atoms with E-state index in [-0.39, 0.29) is 16.9 Å². The number of quaternary nitrogens is 1. The SMILES string of the molecule is C[NH+](C)CCCNC(=O)C(=Cc1ccc(Br)cc1)NC(=O)c1ccc([N+](=O)[O-])cc1. The van der Waals surface area contributed by atoms with Crippen molar-refractivity contribution in [2.24, 2.45) is 0 Å². The molecule has 0 unspecified atom stereocenters. The highest BCUT2D eigenvalue weighted by atomic mass is 79.9. The average molecular weight is 476 g/mol. The number of halogens is 1. The number of benzene rings is 2. The predicted molar refractivity (Wildman–Crippen MR) is 118 cm³/mol. The second kappa shape index (κ2) is 11.2. The summed E-state index contributed by atoms with van der Waals surface area (Å²) >= 11 is 3.36. The molecule has 0 aromatic heterocycles. The molecule has 2 aromatic rings. The first-order valence-corrected chi connectivity index (χ1v) is 10.2. The summed E-state index contributed by atoms with van der Waals surface area (Å²) in [7, 11) is 4.07. The van der Waals surface area contributed by atoms with Gasteiger partial charge in [-0.3, -0.25) is 19.7 Å². The van der Waals surface area contributed by atoms with E-state index in [0.717, 1.165) is 23.0 Å². The van der Waals surface area contributed by atoms with Crippen LogP contribution in [0, 0.1) is 10.1 Å². The highest BCUT2D eigenvalue weighted by molar-refractivity contribution is 9.10. The van der Waals surface area contributed by atoms with Crippen LogP contribution >= 0.6 is 15.9 Å². The minimum absolute atomic E-state index is 0.0953. The van der Waals surface area contributed by atoms with Crippen LogP contribution in [-0.4, -0.2) is 43.9 Å². The molecule has 0 saturated carbocycles. The monoisotopic (exact) mass is 475 g/mol. The maximum Gasteiger partial charge on any atom is 0.269 e. The molecule has 3 N–H and O–H groups in total. The highest BCUT2D eigenvalue weighted by Crippen LogP contribution is 2.14. The Morgan fingerprint density at radius 2 is 1.73 bits per heavy atom. The number of carbonyl (C=O) groups excluding carboxylic acids is 2. The third-order valence-electron chi connectivity index (χ3n) is 4.15. The fourth-order valence-electron chi connectivity index (χ4n) is 2.55. The Morgan fingerprint density at radius 1 is 1.10 bits per heavy atom. The molecule has 158 valence electrons. The van der Waals surface area contributed by atoms with Crippen LogP contribution in [0.1, 0.15) is 22.3 Å². The zero-order valence-electron chi connectivity index (χ0n) is 16.8. The molecule has 0 aliphatic carbocycles. The molecule has 0 aliphatic rings. The first-order chi connectivity index (χ1) is 14.3. The summed E-state index contributed by atoms with van der Waals surface area (Å²) in [5.74, 6) is -0.928. The fourth-order valence-corrected chi connectivity index (χ4v) is 2.82. The third-order valence-corrected chi connectivity index (χ3v) is 4.68. The summed E-state index contributed by atoms with van der Waals surface area (Å²) in [5, 5.41) is 16.2. The van der Waals surface area contributed by atoms with Crippen LogP contribution in [0.15, 0.2) is 58.7 Å². The molecular formula is C21H24BrN4O4+. The molecule has 2 rings (SSSR count). The van der Waals surface area contributed by atoms with Crippen molar-refractivity contribution in [1.29, 1.82) is 0 Å². The van der Waals surface area contributed by atoms with E-state index in [4.69, 9.17) is 0 Å². The molecule has 8 nitrogen and oxygen atoms in total. The van der Waals surface area contributed by atoms with Gasteiger partial charge in [0.15, 0.2) is 0 Å². The molecule has 0 bridgehead atoms. The molecule has 0 saturated heterocycles. The van der Waals surface area contributed by atoms with E-state index in [1.54, 1.807) is 6.08 Å². The van der Waals surface area contributed by atoms with Gasteiger partial charge in [0.05, 0.1) is 25.6 Å². The van der Waals surface area contributed by atoms with Crippen molar-refractivity contribution < 1.29 is 19.4 Å². The van der Waals surface area contributed by atoms with Crippen molar-refractivity contribution in [2.45, 2.75) is 6.42 Å². The molecular weight excluding hydrogens is 452 g/mol. The molecule has 0 radical (unpaired) electrons. The Balaban J connectivity index is 2.17. The molecule has 0 spiro atoms. The summed E-state index contributed by atoms with van der Waals surface area (Å²) in [6.07, 6.45) is 2.39. The topological polar surface area (TPSA) is 106 Å². The van der Waals surface area contributed by atoms with Crippen LogP contribution in [0.5, 0.6) is 0 Å². The number of hydrogen-bond donors (Lipinski definition) is 3. The van der Waals surface area contributed by atoms with Crippen LogP contribution < -0.4 is 15.5 Å². The number of nitrogens with one attached hydrogen (secondary N) is 3. The normalized spacial score (nSPS) is 11.3. The molecule has 0 aliphatic heterocycles. The minimum atomic E-state index is -0.538. The summed E-state index contributed by atoms with van der Waals surface area (Å²) in [6.45, 7) is 1.39. The smallest absolute Gasteiger partial charge is 0.269 e. The molecule has 0 heterocycles. The summed E-state index contributed by atoms with van der Waals surface area (Å²) in [4.78, 5) is 36.8. The van der Waals surface area contributed by atoms with Crippen molar-refractivity contribution in [2.75, 3.05) is 27.2 Å². The zero-order valence-corrected chi connectivity index (χ0v) is 18.4. The maximum absolute atomic E-state index is 12.7. The van der Waals surface area contributed by atoms with Gasteiger partial charge >= 0.3 is 0 Å². The largest absolute Gasteiger partial charge is 0.351 e. The quantitative estimate of drug-likeness (QED) is 0.222. The zero-order chi connectivity index (χ0) is 22.1. The van der Waals surface area contributed by atoms with Gasteiger partial charge in [-0.05, 0) is 35.9 Å². The molecule has 0 atom stereocenters.